The lowest BCUT2D eigenvalue weighted by Gasteiger charge is -2.30. The number of para-hydroxylation sites is 2. The molecule has 5 heteroatoms. The van der Waals surface area contributed by atoms with E-state index >= 15 is 0 Å². The van der Waals surface area contributed by atoms with Gasteiger partial charge in [-0.3, -0.25) is 4.79 Å². The average molecular weight is 358 g/mol. The summed E-state index contributed by atoms with van der Waals surface area (Å²) in [6.45, 7) is 2.06. The van der Waals surface area contributed by atoms with E-state index < -0.39 is 0 Å². The van der Waals surface area contributed by atoms with Gasteiger partial charge >= 0.3 is 0 Å². The quantitative estimate of drug-likeness (QED) is 0.752. The number of anilines is 2. The molecule has 136 valence electrons. The minimum Gasteiger partial charge on any atom is -0.370 e. The summed E-state index contributed by atoms with van der Waals surface area (Å²) in [6, 6.07) is 17.7. The molecule has 0 aliphatic carbocycles. The summed E-state index contributed by atoms with van der Waals surface area (Å²) >= 11 is 0. The van der Waals surface area contributed by atoms with Crippen LogP contribution in [0.15, 0.2) is 67.0 Å². The molecule has 2 aromatic carbocycles. The SMILES string of the molecule is O=C(Nc1ccccc1N1CCCCC1)c1cnc(-c2ccccc2)nc1. The molecular weight excluding hydrogens is 336 g/mol. The van der Waals surface area contributed by atoms with Crippen LogP contribution in [0.1, 0.15) is 29.6 Å². The summed E-state index contributed by atoms with van der Waals surface area (Å²) in [4.78, 5) is 23.7. The second kappa shape index (κ2) is 7.99. The van der Waals surface area contributed by atoms with Crippen LogP contribution >= 0.6 is 0 Å². The van der Waals surface area contributed by atoms with Gasteiger partial charge in [-0.2, -0.15) is 0 Å². The molecule has 0 radical (unpaired) electrons. The average Bonchev–Trinajstić information content (AvgIpc) is 2.75. The van der Waals surface area contributed by atoms with Gasteiger partial charge in [-0.1, -0.05) is 42.5 Å². The summed E-state index contributed by atoms with van der Waals surface area (Å²) in [5.41, 5.74) is 3.28. The molecule has 2 heterocycles. The Morgan fingerprint density at radius 3 is 2.26 bits per heavy atom. The van der Waals surface area contributed by atoms with Crippen molar-refractivity contribution in [2.45, 2.75) is 19.3 Å². The van der Waals surface area contributed by atoms with Crippen LogP contribution in [0.3, 0.4) is 0 Å². The number of benzene rings is 2. The highest BCUT2D eigenvalue weighted by molar-refractivity contribution is 6.05. The normalized spacial score (nSPS) is 14.0. The molecule has 0 bridgehead atoms. The number of piperidine rings is 1. The van der Waals surface area contributed by atoms with E-state index in [1.807, 2.05) is 48.5 Å². The molecule has 1 aliphatic heterocycles. The second-order valence-corrected chi connectivity index (χ2v) is 6.68. The van der Waals surface area contributed by atoms with E-state index in [1.165, 1.54) is 19.3 Å². The smallest absolute Gasteiger partial charge is 0.258 e. The first kappa shape index (κ1) is 17.2. The third-order valence-electron chi connectivity index (χ3n) is 4.80. The van der Waals surface area contributed by atoms with E-state index in [2.05, 4.69) is 26.3 Å². The molecule has 1 aliphatic rings. The monoisotopic (exact) mass is 358 g/mol. The third-order valence-corrected chi connectivity index (χ3v) is 4.80. The van der Waals surface area contributed by atoms with Crippen molar-refractivity contribution in [1.29, 1.82) is 0 Å². The number of rotatable bonds is 4. The summed E-state index contributed by atoms with van der Waals surface area (Å²) < 4.78 is 0. The Balaban J connectivity index is 1.51. The Labute approximate surface area is 159 Å². The molecule has 0 saturated carbocycles. The predicted molar refractivity (Wildman–Crippen MR) is 108 cm³/mol. The van der Waals surface area contributed by atoms with Gasteiger partial charge in [-0.25, -0.2) is 9.97 Å². The maximum Gasteiger partial charge on any atom is 0.258 e. The molecule has 3 aromatic rings. The summed E-state index contributed by atoms with van der Waals surface area (Å²) in [5, 5.41) is 3.02. The molecule has 4 rings (SSSR count). The van der Waals surface area contributed by atoms with Crippen molar-refractivity contribution >= 4 is 17.3 Å². The molecule has 0 unspecified atom stereocenters. The fourth-order valence-electron chi connectivity index (χ4n) is 3.37. The molecule has 0 atom stereocenters. The first-order valence-electron chi connectivity index (χ1n) is 9.34. The van der Waals surface area contributed by atoms with Crippen LogP contribution < -0.4 is 10.2 Å². The molecular formula is C22H22N4O. The van der Waals surface area contributed by atoms with Crippen LogP contribution in [-0.2, 0) is 0 Å². The number of hydrogen-bond donors (Lipinski definition) is 1. The van der Waals surface area contributed by atoms with Crippen LogP contribution in [-0.4, -0.2) is 29.0 Å². The van der Waals surface area contributed by atoms with Crippen molar-refractivity contribution in [1.82, 2.24) is 9.97 Å². The zero-order valence-electron chi connectivity index (χ0n) is 15.1. The standard InChI is InChI=1S/C22H22N4O/c27-22(18-15-23-21(24-16-18)17-9-3-1-4-10-17)25-19-11-5-6-12-20(19)26-13-7-2-8-14-26/h1,3-6,9-12,15-16H,2,7-8,13-14H2,(H,25,27). The molecule has 1 saturated heterocycles. The van der Waals surface area contributed by atoms with Crippen LogP contribution in [0.25, 0.3) is 11.4 Å². The summed E-state index contributed by atoms with van der Waals surface area (Å²) in [7, 11) is 0. The zero-order valence-corrected chi connectivity index (χ0v) is 15.1. The number of aromatic nitrogens is 2. The van der Waals surface area contributed by atoms with Gasteiger partial charge in [0.1, 0.15) is 0 Å². The second-order valence-electron chi connectivity index (χ2n) is 6.68. The van der Waals surface area contributed by atoms with Crippen molar-refractivity contribution in [3.05, 3.63) is 72.6 Å². The number of amides is 1. The first-order valence-corrected chi connectivity index (χ1v) is 9.34. The van der Waals surface area contributed by atoms with E-state index in [0.717, 1.165) is 30.0 Å². The van der Waals surface area contributed by atoms with Crippen LogP contribution in [0, 0.1) is 0 Å². The van der Waals surface area contributed by atoms with Gasteiger partial charge in [0, 0.05) is 31.0 Å². The summed E-state index contributed by atoms with van der Waals surface area (Å²) in [5.74, 6) is 0.417. The number of hydrogen-bond acceptors (Lipinski definition) is 4. The Hall–Kier alpha value is -3.21. The van der Waals surface area contributed by atoms with Crippen molar-refractivity contribution in [3.8, 4) is 11.4 Å². The topological polar surface area (TPSA) is 58.1 Å². The first-order chi connectivity index (χ1) is 13.3. The Kier molecular flexibility index (Phi) is 5.10. The highest BCUT2D eigenvalue weighted by atomic mass is 16.1. The molecule has 1 fully saturated rings. The lowest BCUT2D eigenvalue weighted by Crippen LogP contribution is -2.30. The van der Waals surface area contributed by atoms with Crippen LogP contribution in [0.5, 0.6) is 0 Å². The van der Waals surface area contributed by atoms with Crippen molar-refractivity contribution in [3.63, 3.8) is 0 Å². The zero-order chi connectivity index (χ0) is 18.5. The molecule has 1 N–H and O–H groups in total. The highest BCUT2D eigenvalue weighted by Gasteiger charge is 2.16. The van der Waals surface area contributed by atoms with Crippen molar-refractivity contribution in [2.24, 2.45) is 0 Å². The minimum atomic E-state index is -0.195. The van der Waals surface area contributed by atoms with Crippen LogP contribution in [0.4, 0.5) is 11.4 Å². The van der Waals surface area contributed by atoms with E-state index in [9.17, 15) is 4.79 Å². The van der Waals surface area contributed by atoms with Gasteiger partial charge in [0.15, 0.2) is 5.82 Å². The van der Waals surface area contributed by atoms with E-state index in [4.69, 9.17) is 0 Å². The number of carbonyl (C=O) groups excluding carboxylic acids is 1. The van der Waals surface area contributed by atoms with Gasteiger partial charge < -0.3 is 10.2 Å². The van der Waals surface area contributed by atoms with Gasteiger partial charge in [0.25, 0.3) is 5.91 Å². The maximum absolute atomic E-state index is 12.7. The predicted octanol–water partition coefficient (Wildman–Crippen LogP) is 4.39. The molecule has 27 heavy (non-hydrogen) atoms. The fourth-order valence-corrected chi connectivity index (χ4v) is 3.37. The van der Waals surface area contributed by atoms with Crippen molar-refractivity contribution < 1.29 is 4.79 Å². The Bertz CT molecular complexity index is 903. The lowest BCUT2D eigenvalue weighted by molar-refractivity contribution is 0.102. The number of nitrogens with one attached hydrogen (secondary N) is 1. The van der Waals surface area contributed by atoms with Gasteiger partial charge in [-0.05, 0) is 31.4 Å². The fraction of sp³-hybridized carbons (Fsp3) is 0.227. The molecule has 1 amide bonds. The molecule has 1 aromatic heterocycles. The molecule has 0 spiro atoms. The van der Waals surface area contributed by atoms with Crippen LogP contribution in [0.2, 0.25) is 0 Å². The van der Waals surface area contributed by atoms with Gasteiger partial charge in [0.2, 0.25) is 0 Å². The van der Waals surface area contributed by atoms with E-state index in [-0.39, 0.29) is 5.91 Å². The number of carbonyl (C=O) groups is 1. The summed E-state index contributed by atoms with van der Waals surface area (Å²) in [6.07, 6.45) is 6.81. The Morgan fingerprint density at radius 2 is 1.52 bits per heavy atom. The minimum absolute atomic E-state index is 0.195. The molecule has 5 nitrogen and oxygen atoms in total. The Morgan fingerprint density at radius 1 is 0.852 bits per heavy atom. The van der Waals surface area contributed by atoms with E-state index in [1.54, 1.807) is 12.4 Å². The van der Waals surface area contributed by atoms with Gasteiger partial charge in [-0.15, -0.1) is 0 Å². The lowest BCUT2D eigenvalue weighted by atomic mass is 10.1. The number of nitrogens with zero attached hydrogens (tertiary/aromatic N) is 3. The largest absolute Gasteiger partial charge is 0.370 e. The maximum atomic E-state index is 12.7. The highest BCUT2D eigenvalue weighted by Crippen LogP contribution is 2.28. The van der Waals surface area contributed by atoms with E-state index in [0.29, 0.717) is 11.4 Å². The third kappa shape index (κ3) is 3.97. The van der Waals surface area contributed by atoms with Crippen molar-refractivity contribution in [2.75, 3.05) is 23.3 Å². The van der Waals surface area contributed by atoms with Gasteiger partial charge in [0.05, 0.1) is 16.9 Å².